The van der Waals surface area contributed by atoms with E-state index in [1.165, 1.54) is 0 Å². The molecule has 0 bridgehead atoms. The highest BCUT2D eigenvalue weighted by Gasteiger charge is 2.10. The van der Waals surface area contributed by atoms with Gasteiger partial charge in [-0.05, 0) is 6.07 Å². The first-order chi connectivity index (χ1) is 9.19. The first kappa shape index (κ1) is 13.1. The minimum absolute atomic E-state index is 0.0831. The molecule has 1 aromatic heterocycles. The number of aromatic nitrogens is 2. The minimum Gasteiger partial charge on any atom is -0.483 e. The van der Waals surface area contributed by atoms with Crippen molar-refractivity contribution in [2.24, 2.45) is 0 Å². The number of hydrogen-bond acceptors (Lipinski definition) is 5. The fourth-order valence-corrected chi connectivity index (χ4v) is 1.59. The molecule has 0 radical (unpaired) electrons. The van der Waals surface area contributed by atoms with Crippen LogP contribution in [-0.2, 0) is 24.2 Å². The summed E-state index contributed by atoms with van der Waals surface area (Å²) in [5, 5.41) is 12.6. The normalized spacial score (nSPS) is 10.4. The van der Waals surface area contributed by atoms with Crippen molar-refractivity contribution in [3.63, 3.8) is 0 Å². The van der Waals surface area contributed by atoms with E-state index in [1.54, 1.807) is 24.3 Å². The van der Waals surface area contributed by atoms with Gasteiger partial charge in [-0.2, -0.15) is 4.98 Å². The van der Waals surface area contributed by atoms with Crippen LogP contribution < -0.4 is 4.74 Å². The molecular formula is C13H14N2O4. The first-order valence-corrected chi connectivity index (χ1v) is 5.93. The third kappa shape index (κ3) is 3.54. The number of aryl methyl sites for hydroxylation is 1. The molecule has 6 nitrogen and oxygen atoms in total. The van der Waals surface area contributed by atoms with Crippen molar-refractivity contribution in [2.75, 3.05) is 0 Å². The van der Waals surface area contributed by atoms with Gasteiger partial charge in [0.25, 0.3) is 5.89 Å². The number of hydrogen-bond donors (Lipinski definition) is 1. The average Bonchev–Trinajstić information content (AvgIpc) is 2.85. The van der Waals surface area contributed by atoms with E-state index in [-0.39, 0.29) is 13.0 Å². The molecule has 0 saturated heterocycles. The second kappa shape index (κ2) is 5.99. The van der Waals surface area contributed by atoms with Crippen molar-refractivity contribution in [1.82, 2.24) is 10.1 Å². The van der Waals surface area contributed by atoms with E-state index in [4.69, 9.17) is 14.4 Å². The predicted octanol–water partition coefficient (Wildman–Crippen LogP) is 1.84. The van der Waals surface area contributed by atoms with E-state index in [0.29, 0.717) is 29.4 Å². The molecule has 0 amide bonds. The van der Waals surface area contributed by atoms with Crippen LogP contribution in [0.2, 0.25) is 0 Å². The number of carboxylic acids is 1. The third-order valence-electron chi connectivity index (χ3n) is 2.49. The number of rotatable bonds is 6. The molecule has 2 aromatic rings. The predicted molar refractivity (Wildman–Crippen MR) is 65.8 cm³/mol. The van der Waals surface area contributed by atoms with E-state index in [2.05, 4.69) is 10.1 Å². The van der Waals surface area contributed by atoms with Gasteiger partial charge in [0.2, 0.25) is 0 Å². The Morgan fingerprint density at radius 1 is 1.42 bits per heavy atom. The number of aliphatic carboxylic acids is 1. The monoisotopic (exact) mass is 262 g/mol. The van der Waals surface area contributed by atoms with Gasteiger partial charge in [0, 0.05) is 12.0 Å². The number of carbonyl (C=O) groups is 1. The fraction of sp³-hybridized carbons (Fsp3) is 0.308. The standard InChI is InChI=1S/C13H14N2O4/c1-2-11-14-12(19-15-11)8-18-10-6-4-3-5-9(10)7-13(16)17/h3-6H,2,7-8H2,1H3,(H,16,17). The maximum atomic E-state index is 10.7. The summed E-state index contributed by atoms with van der Waals surface area (Å²) in [5.41, 5.74) is 0.616. The van der Waals surface area contributed by atoms with Gasteiger partial charge in [0.05, 0.1) is 6.42 Å². The van der Waals surface area contributed by atoms with Crippen molar-refractivity contribution in [2.45, 2.75) is 26.4 Å². The smallest absolute Gasteiger partial charge is 0.307 e. The molecule has 0 spiro atoms. The van der Waals surface area contributed by atoms with Crippen LogP contribution in [0, 0.1) is 0 Å². The molecule has 1 aromatic carbocycles. The lowest BCUT2D eigenvalue weighted by atomic mass is 10.1. The quantitative estimate of drug-likeness (QED) is 0.854. The number of para-hydroxylation sites is 1. The molecule has 100 valence electrons. The summed E-state index contributed by atoms with van der Waals surface area (Å²) in [5.74, 6) is 0.614. The zero-order valence-electron chi connectivity index (χ0n) is 10.5. The van der Waals surface area contributed by atoms with Gasteiger partial charge in [-0.15, -0.1) is 0 Å². The summed E-state index contributed by atoms with van der Waals surface area (Å²) in [6.45, 7) is 2.06. The molecule has 2 rings (SSSR count). The highest BCUT2D eigenvalue weighted by Crippen LogP contribution is 2.19. The lowest BCUT2D eigenvalue weighted by Crippen LogP contribution is -2.04. The van der Waals surface area contributed by atoms with Crippen LogP contribution in [0.1, 0.15) is 24.2 Å². The summed E-state index contributed by atoms with van der Waals surface area (Å²) in [7, 11) is 0. The molecule has 1 heterocycles. The third-order valence-corrected chi connectivity index (χ3v) is 2.49. The summed E-state index contributed by atoms with van der Waals surface area (Å²) in [4.78, 5) is 14.9. The Morgan fingerprint density at radius 2 is 2.21 bits per heavy atom. The van der Waals surface area contributed by atoms with Crippen molar-refractivity contribution in [3.8, 4) is 5.75 Å². The number of nitrogens with zero attached hydrogens (tertiary/aromatic N) is 2. The van der Waals surface area contributed by atoms with Crippen LogP contribution >= 0.6 is 0 Å². The average molecular weight is 262 g/mol. The van der Waals surface area contributed by atoms with Gasteiger partial charge >= 0.3 is 5.97 Å². The molecular weight excluding hydrogens is 248 g/mol. The largest absolute Gasteiger partial charge is 0.483 e. The molecule has 0 saturated carbocycles. The van der Waals surface area contributed by atoms with Gasteiger partial charge in [0.1, 0.15) is 5.75 Å². The Labute approximate surface area is 110 Å². The highest BCUT2D eigenvalue weighted by molar-refractivity contribution is 5.71. The molecule has 0 fully saturated rings. The minimum atomic E-state index is -0.901. The van der Waals surface area contributed by atoms with Gasteiger partial charge in [-0.1, -0.05) is 30.3 Å². The molecule has 19 heavy (non-hydrogen) atoms. The topological polar surface area (TPSA) is 85.5 Å². The number of ether oxygens (including phenoxy) is 1. The van der Waals surface area contributed by atoms with Gasteiger partial charge in [-0.3, -0.25) is 4.79 Å². The maximum absolute atomic E-state index is 10.7. The molecule has 1 N–H and O–H groups in total. The van der Waals surface area contributed by atoms with E-state index in [0.717, 1.165) is 0 Å². The van der Waals surface area contributed by atoms with Gasteiger partial charge in [0.15, 0.2) is 12.4 Å². The van der Waals surface area contributed by atoms with Crippen LogP contribution in [0.3, 0.4) is 0 Å². The van der Waals surface area contributed by atoms with E-state index >= 15 is 0 Å². The molecule has 6 heteroatoms. The van der Waals surface area contributed by atoms with Crippen molar-refractivity contribution >= 4 is 5.97 Å². The fourth-order valence-electron chi connectivity index (χ4n) is 1.59. The van der Waals surface area contributed by atoms with E-state index in [1.807, 2.05) is 6.92 Å². The van der Waals surface area contributed by atoms with Crippen LogP contribution in [-0.4, -0.2) is 21.2 Å². The Kier molecular flexibility index (Phi) is 4.12. The van der Waals surface area contributed by atoms with Crippen LogP contribution in [0.4, 0.5) is 0 Å². The van der Waals surface area contributed by atoms with Gasteiger partial charge < -0.3 is 14.4 Å². The molecule has 0 aliphatic rings. The lowest BCUT2D eigenvalue weighted by molar-refractivity contribution is -0.136. The first-order valence-electron chi connectivity index (χ1n) is 5.93. The molecule has 0 aliphatic heterocycles. The Balaban J connectivity index is 2.04. The number of benzene rings is 1. The highest BCUT2D eigenvalue weighted by atomic mass is 16.5. The van der Waals surface area contributed by atoms with Crippen LogP contribution in [0.5, 0.6) is 5.75 Å². The summed E-state index contributed by atoms with van der Waals surface area (Å²) < 4.78 is 10.5. The van der Waals surface area contributed by atoms with Crippen molar-refractivity contribution < 1.29 is 19.2 Å². The van der Waals surface area contributed by atoms with Crippen LogP contribution in [0.15, 0.2) is 28.8 Å². The van der Waals surface area contributed by atoms with Crippen molar-refractivity contribution in [1.29, 1.82) is 0 Å². The molecule has 0 unspecified atom stereocenters. The number of carboxylic acid groups (broad SMARTS) is 1. The zero-order chi connectivity index (χ0) is 13.7. The summed E-state index contributed by atoms with van der Waals surface area (Å²) in [6.07, 6.45) is 0.610. The van der Waals surface area contributed by atoms with Gasteiger partial charge in [-0.25, -0.2) is 0 Å². The van der Waals surface area contributed by atoms with Crippen molar-refractivity contribution in [3.05, 3.63) is 41.5 Å². The lowest BCUT2D eigenvalue weighted by Gasteiger charge is -2.07. The van der Waals surface area contributed by atoms with Crippen LogP contribution in [0.25, 0.3) is 0 Å². The Hall–Kier alpha value is -2.37. The molecule has 0 aliphatic carbocycles. The van der Waals surface area contributed by atoms with E-state index < -0.39 is 5.97 Å². The van der Waals surface area contributed by atoms with E-state index in [9.17, 15) is 4.79 Å². The Morgan fingerprint density at radius 3 is 2.89 bits per heavy atom. The second-order valence-electron chi connectivity index (χ2n) is 3.92. The summed E-state index contributed by atoms with van der Waals surface area (Å²) >= 11 is 0. The SMILES string of the molecule is CCc1noc(COc2ccccc2CC(=O)O)n1. The summed E-state index contributed by atoms with van der Waals surface area (Å²) in [6, 6.07) is 6.99. The molecule has 0 atom stereocenters. The maximum Gasteiger partial charge on any atom is 0.307 e. The Bertz CT molecular complexity index is 565. The zero-order valence-corrected chi connectivity index (χ0v) is 10.5. The second-order valence-corrected chi connectivity index (χ2v) is 3.92.